The van der Waals surface area contributed by atoms with Crippen molar-refractivity contribution in [3.8, 4) is 5.75 Å². The van der Waals surface area contributed by atoms with Crippen molar-refractivity contribution in [1.29, 1.82) is 0 Å². The van der Waals surface area contributed by atoms with Crippen LogP contribution in [-0.4, -0.2) is 33.6 Å². The van der Waals surface area contributed by atoms with Crippen LogP contribution >= 0.6 is 11.3 Å². The Morgan fingerprint density at radius 1 is 1.16 bits per heavy atom. The number of hydrogen-bond donors (Lipinski definition) is 1. The molecular weight excluding hydrogens is 414 g/mol. The molecular formula is C23H19N3O4S. The zero-order valence-electron chi connectivity index (χ0n) is 16.7. The molecule has 1 N–H and O–H groups in total. The molecule has 1 fully saturated rings. The van der Waals surface area contributed by atoms with Crippen molar-refractivity contribution < 1.29 is 19.4 Å². The normalized spacial score (nSPS) is 17.7. The van der Waals surface area contributed by atoms with Crippen LogP contribution < -0.4 is 9.64 Å². The minimum Gasteiger partial charge on any atom is -0.507 e. The molecule has 0 saturated carbocycles. The molecule has 1 aliphatic heterocycles. The molecule has 0 radical (unpaired) electrons. The summed E-state index contributed by atoms with van der Waals surface area (Å²) in [5.41, 5.74) is 1.09. The number of benzene rings is 2. The van der Waals surface area contributed by atoms with Gasteiger partial charge in [0.25, 0.3) is 5.78 Å². The molecule has 31 heavy (non-hydrogen) atoms. The highest BCUT2D eigenvalue weighted by molar-refractivity contribution is 7.15. The molecule has 0 aliphatic carbocycles. The maximum Gasteiger partial charge on any atom is 0.301 e. The van der Waals surface area contributed by atoms with Crippen LogP contribution in [0.3, 0.4) is 0 Å². The number of hydrogen-bond acceptors (Lipinski definition) is 7. The van der Waals surface area contributed by atoms with Crippen molar-refractivity contribution in [1.82, 2.24) is 10.2 Å². The number of amides is 1. The predicted octanol–water partition coefficient (Wildman–Crippen LogP) is 4.04. The summed E-state index contributed by atoms with van der Waals surface area (Å²) in [5, 5.41) is 20.0. The first kappa shape index (κ1) is 20.5. The molecule has 156 valence electrons. The van der Waals surface area contributed by atoms with Crippen LogP contribution in [0, 0.1) is 6.92 Å². The number of ketones is 1. The molecule has 7 nitrogen and oxygen atoms in total. The van der Waals surface area contributed by atoms with Gasteiger partial charge in [-0.3, -0.25) is 14.5 Å². The van der Waals surface area contributed by atoms with Gasteiger partial charge in [-0.05, 0) is 24.6 Å². The molecule has 3 aromatic rings. The third-order valence-corrected chi connectivity index (χ3v) is 5.61. The molecule has 2 heterocycles. The van der Waals surface area contributed by atoms with E-state index in [0.717, 1.165) is 0 Å². The summed E-state index contributed by atoms with van der Waals surface area (Å²) < 4.78 is 5.53. The van der Waals surface area contributed by atoms with E-state index in [4.69, 9.17) is 4.74 Å². The Hall–Kier alpha value is -3.78. The van der Waals surface area contributed by atoms with Crippen molar-refractivity contribution in [2.45, 2.75) is 13.0 Å². The first-order chi connectivity index (χ1) is 15.0. The van der Waals surface area contributed by atoms with E-state index in [-0.39, 0.29) is 11.3 Å². The SMILES string of the molecule is C=CCOc1ccc(C2C(=C(O)c3ccccc3)C(=O)C(=O)N2c2nnc(C)s2)cc1. The van der Waals surface area contributed by atoms with Crippen LogP contribution in [0.5, 0.6) is 5.75 Å². The van der Waals surface area contributed by atoms with E-state index in [1.54, 1.807) is 67.6 Å². The van der Waals surface area contributed by atoms with E-state index in [9.17, 15) is 14.7 Å². The number of ether oxygens (including phenoxy) is 1. The average Bonchev–Trinajstić information content (AvgIpc) is 3.33. The van der Waals surface area contributed by atoms with Gasteiger partial charge in [0.15, 0.2) is 0 Å². The molecule has 1 amide bonds. The molecule has 2 aromatic carbocycles. The second kappa shape index (κ2) is 8.53. The standard InChI is InChI=1S/C23H19N3O4S/c1-3-13-30-17-11-9-15(10-12-17)19-18(20(27)16-7-5-4-6-8-16)21(28)22(29)26(19)23-25-24-14(2)31-23/h3-12,19,27H,1,13H2,2H3. The number of aliphatic hydroxyl groups excluding tert-OH is 1. The highest BCUT2D eigenvalue weighted by Crippen LogP contribution is 2.43. The van der Waals surface area contributed by atoms with Gasteiger partial charge in [0.05, 0.1) is 11.6 Å². The largest absolute Gasteiger partial charge is 0.507 e. The van der Waals surface area contributed by atoms with Crippen LogP contribution in [0.4, 0.5) is 5.13 Å². The lowest BCUT2D eigenvalue weighted by Crippen LogP contribution is -2.29. The topological polar surface area (TPSA) is 92.6 Å². The lowest BCUT2D eigenvalue weighted by atomic mass is 9.95. The van der Waals surface area contributed by atoms with Crippen molar-refractivity contribution in [3.05, 3.63) is 89.0 Å². The molecule has 0 spiro atoms. The Labute approximate surface area is 182 Å². The second-order valence-corrected chi connectivity index (χ2v) is 7.97. The van der Waals surface area contributed by atoms with Crippen molar-refractivity contribution in [2.24, 2.45) is 0 Å². The van der Waals surface area contributed by atoms with Gasteiger partial charge in [-0.15, -0.1) is 10.2 Å². The lowest BCUT2D eigenvalue weighted by molar-refractivity contribution is -0.132. The van der Waals surface area contributed by atoms with Gasteiger partial charge in [-0.1, -0.05) is 66.5 Å². The zero-order valence-corrected chi connectivity index (χ0v) is 17.5. The maximum atomic E-state index is 13.0. The Morgan fingerprint density at radius 2 is 1.87 bits per heavy atom. The molecule has 1 aliphatic rings. The summed E-state index contributed by atoms with van der Waals surface area (Å²) in [6.45, 7) is 5.75. The van der Waals surface area contributed by atoms with Crippen LogP contribution in [0.2, 0.25) is 0 Å². The smallest absolute Gasteiger partial charge is 0.301 e. The van der Waals surface area contributed by atoms with Gasteiger partial charge >= 0.3 is 5.91 Å². The summed E-state index contributed by atoms with van der Waals surface area (Å²) in [4.78, 5) is 27.3. The summed E-state index contributed by atoms with van der Waals surface area (Å²) in [5.74, 6) is -1.15. The van der Waals surface area contributed by atoms with Gasteiger partial charge in [-0.25, -0.2) is 0 Å². The van der Waals surface area contributed by atoms with Crippen molar-refractivity contribution in [3.63, 3.8) is 0 Å². The highest BCUT2D eigenvalue weighted by atomic mass is 32.1. The number of carbonyl (C=O) groups is 2. The van der Waals surface area contributed by atoms with Crippen LogP contribution in [0.25, 0.3) is 5.76 Å². The van der Waals surface area contributed by atoms with Crippen molar-refractivity contribution in [2.75, 3.05) is 11.5 Å². The first-order valence-corrected chi connectivity index (χ1v) is 10.3. The minimum absolute atomic E-state index is 0.00353. The van der Waals surface area contributed by atoms with Gasteiger partial charge in [0.2, 0.25) is 5.13 Å². The number of aliphatic hydroxyl groups is 1. The van der Waals surface area contributed by atoms with E-state index in [1.807, 2.05) is 0 Å². The fraction of sp³-hybridized carbons (Fsp3) is 0.130. The Bertz CT molecular complexity index is 1170. The van der Waals surface area contributed by atoms with Gasteiger partial charge in [0.1, 0.15) is 23.1 Å². The van der Waals surface area contributed by atoms with Gasteiger partial charge in [-0.2, -0.15) is 0 Å². The maximum absolute atomic E-state index is 13.0. The summed E-state index contributed by atoms with van der Waals surface area (Å²) in [7, 11) is 0. The van der Waals surface area contributed by atoms with E-state index >= 15 is 0 Å². The molecule has 1 atom stereocenters. The van der Waals surface area contributed by atoms with E-state index in [1.165, 1.54) is 16.2 Å². The summed E-state index contributed by atoms with van der Waals surface area (Å²) in [6.07, 6.45) is 1.64. The Balaban J connectivity index is 1.86. The lowest BCUT2D eigenvalue weighted by Gasteiger charge is -2.22. The van der Waals surface area contributed by atoms with Crippen LogP contribution in [0.1, 0.15) is 22.2 Å². The monoisotopic (exact) mass is 433 g/mol. The highest BCUT2D eigenvalue weighted by Gasteiger charge is 2.48. The van der Waals surface area contributed by atoms with Gasteiger partial charge < -0.3 is 9.84 Å². The number of nitrogens with zero attached hydrogens (tertiary/aromatic N) is 3. The molecule has 1 saturated heterocycles. The molecule has 8 heteroatoms. The number of carbonyl (C=O) groups excluding carboxylic acids is 2. The van der Waals surface area contributed by atoms with E-state index in [0.29, 0.717) is 33.6 Å². The van der Waals surface area contributed by atoms with Gasteiger partial charge in [0, 0.05) is 5.56 Å². The summed E-state index contributed by atoms with van der Waals surface area (Å²) in [6, 6.07) is 14.8. The number of aryl methyl sites for hydroxylation is 1. The average molecular weight is 433 g/mol. The quantitative estimate of drug-likeness (QED) is 0.273. The predicted molar refractivity (Wildman–Crippen MR) is 118 cm³/mol. The molecule has 0 bridgehead atoms. The van der Waals surface area contributed by atoms with Crippen LogP contribution in [0.15, 0.2) is 72.8 Å². The van der Waals surface area contributed by atoms with Crippen LogP contribution in [-0.2, 0) is 9.59 Å². The number of aromatic nitrogens is 2. The Morgan fingerprint density at radius 3 is 2.48 bits per heavy atom. The first-order valence-electron chi connectivity index (χ1n) is 9.51. The molecule has 4 rings (SSSR count). The van der Waals surface area contributed by atoms with E-state index < -0.39 is 17.7 Å². The zero-order chi connectivity index (χ0) is 22.0. The molecule has 1 unspecified atom stereocenters. The third-order valence-electron chi connectivity index (χ3n) is 4.78. The number of Topliss-reactive ketones (excluding diaryl/α,β-unsaturated/α-hetero) is 1. The molecule has 1 aromatic heterocycles. The third kappa shape index (κ3) is 3.85. The number of anilines is 1. The fourth-order valence-electron chi connectivity index (χ4n) is 3.38. The number of rotatable bonds is 6. The van der Waals surface area contributed by atoms with Crippen molar-refractivity contribution >= 4 is 33.9 Å². The fourth-order valence-corrected chi connectivity index (χ4v) is 4.10. The second-order valence-electron chi connectivity index (χ2n) is 6.81. The van der Waals surface area contributed by atoms with E-state index in [2.05, 4.69) is 16.8 Å². The Kier molecular flexibility index (Phi) is 5.64. The minimum atomic E-state index is -0.846. The summed E-state index contributed by atoms with van der Waals surface area (Å²) >= 11 is 1.20.